The van der Waals surface area contributed by atoms with E-state index >= 15 is 0 Å². The Hall–Kier alpha value is -1.85. The molecule has 0 atom stereocenters. The second-order valence-corrected chi connectivity index (χ2v) is 4.36. The number of hydrogen-bond acceptors (Lipinski definition) is 4. The Balaban J connectivity index is 3.02. The second-order valence-electron chi connectivity index (χ2n) is 4.36. The number of carboxylic acids is 1. The molecule has 17 heavy (non-hydrogen) atoms. The molecule has 0 radical (unpaired) electrons. The molecule has 94 valence electrons. The summed E-state index contributed by atoms with van der Waals surface area (Å²) in [6.07, 6.45) is 0. The third-order valence-electron chi connectivity index (χ3n) is 2.08. The average molecular weight is 239 g/mol. The molecule has 0 saturated heterocycles. The van der Waals surface area contributed by atoms with E-state index in [2.05, 4.69) is 9.97 Å². The summed E-state index contributed by atoms with van der Waals surface area (Å²) >= 11 is 0. The van der Waals surface area contributed by atoms with Crippen LogP contribution in [0.15, 0.2) is 10.9 Å². The van der Waals surface area contributed by atoms with Gasteiger partial charge in [-0.15, -0.1) is 0 Å². The Kier molecular flexibility index (Phi) is 4.25. The van der Waals surface area contributed by atoms with E-state index in [0.717, 1.165) is 0 Å². The number of nitrogens with one attached hydrogen (secondary N) is 1. The Labute approximate surface area is 99.3 Å². The highest BCUT2D eigenvalue weighted by atomic mass is 16.4. The topological polar surface area (TPSA) is 86.3 Å². The van der Waals surface area contributed by atoms with Gasteiger partial charge in [0.25, 0.3) is 5.56 Å². The van der Waals surface area contributed by atoms with E-state index in [1.807, 2.05) is 13.8 Å². The van der Waals surface area contributed by atoms with Gasteiger partial charge in [-0.25, -0.2) is 4.98 Å². The van der Waals surface area contributed by atoms with E-state index in [1.165, 1.54) is 6.07 Å². The summed E-state index contributed by atoms with van der Waals surface area (Å²) < 4.78 is 0. The van der Waals surface area contributed by atoms with Crippen LogP contribution in [0.5, 0.6) is 0 Å². The fourth-order valence-corrected chi connectivity index (χ4v) is 1.57. The lowest BCUT2D eigenvalue weighted by Gasteiger charge is -2.23. The van der Waals surface area contributed by atoms with Crippen LogP contribution in [0.1, 0.15) is 19.7 Å². The maximum atomic E-state index is 11.3. The zero-order chi connectivity index (χ0) is 13.0. The van der Waals surface area contributed by atoms with E-state index in [9.17, 15) is 9.59 Å². The van der Waals surface area contributed by atoms with Crippen molar-refractivity contribution in [1.82, 2.24) is 9.97 Å². The number of carbonyl (C=O) groups is 1. The first-order valence-corrected chi connectivity index (χ1v) is 5.43. The van der Waals surface area contributed by atoms with Crippen LogP contribution in [0.4, 0.5) is 5.82 Å². The minimum atomic E-state index is -0.939. The number of aromatic amines is 1. The molecule has 1 rings (SSSR count). The summed E-state index contributed by atoms with van der Waals surface area (Å²) in [6.45, 7) is 6.01. The molecular weight excluding hydrogens is 222 g/mol. The van der Waals surface area contributed by atoms with Crippen LogP contribution in [-0.2, 0) is 4.79 Å². The minimum Gasteiger partial charge on any atom is -0.480 e. The molecular formula is C11H17N3O3. The predicted octanol–water partition coefficient (Wildman–Crippen LogP) is 0.625. The molecule has 1 aromatic heterocycles. The average Bonchev–Trinajstić information content (AvgIpc) is 2.13. The summed E-state index contributed by atoms with van der Waals surface area (Å²) in [5, 5.41) is 8.84. The van der Waals surface area contributed by atoms with E-state index < -0.39 is 5.97 Å². The number of hydrogen-bond donors (Lipinski definition) is 2. The zero-order valence-electron chi connectivity index (χ0n) is 10.2. The zero-order valence-corrected chi connectivity index (χ0v) is 10.2. The highest BCUT2D eigenvalue weighted by molar-refractivity contribution is 5.73. The molecule has 0 aliphatic heterocycles. The monoisotopic (exact) mass is 239 g/mol. The number of rotatable bonds is 5. The summed E-state index contributed by atoms with van der Waals surface area (Å²) in [5.41, 5.74) is -0.272. The largest absolute Gasteiger partial charge is 0.480 e. The molecule has 0 aliphatic carbocycles. The Morgan fingerprint density at radius 3 is 2.71 bits per heavy atom. The van der Waals surface area contributed by atoms with Gasteiger partial charge in [0.1, 0.15) is 18.2 Å². The van der Waals surface area contributed by atoms with E-state index in [-0.39, 0.29) is 18.0 Å². The number of aromatic nitrogens is 2. The lowest BCUT2D eigenvalue weighted by atomic mass is 10.2. The van der Waals surface area contributed by atoms with Crippen molar-refractivity contribution in [3.05, 3.63) is 22.2 Å². The Bertz CT molecular complexity index is 454. The summed E-state index contributed by atoms with van der Waals surface area (Å²) in [6, 6.07) is 1.32. The number of aryl methyl sites for hydroxylation is 1. The fourth-order valence-electron chi connectivity index (χ4n) is 1.57. The number of nitrogens with zero attached hydrogens (tertiary/aromatic N) is 2. The van der Waals surface area contributed by atoms with Gasteiger partial charge in [0.05, 0.1) is 0 Å². The molecule has 0 aromatic carbocycles. The number of H-pyrrole nitrogens is 1. The SMILES string of the molecule is Cc1nc(N(CC(=O)O)CC(C)C)cc(=O)[nH]1. The Morgan fingerprint density at radius 2 is 2.24 bits per heavy atom. The van der Waals surface area contributed by atoms with Gasteiger partial charge in [0.2, 0.25) is 0 Å². The van der Waals surface area contributed by atoms with Gasteiger partial charge in [-0.2, -0.15) is 0 Å². The third-order valence-corrected chi connectivity index (χ3v) is 2.08. The maximum Gasteiger partial charge on any atom is 0.323 e. The van der Waals surface area contributed by atoms with Crippen molar-refractivity contribution in [1.29, 1.82) is 0 Å². The second kappa shape index (κ2) is 5.47. The fraction of sp³-hybridized carbons (Fsp3) is 0.545. The molecule has 0 spiro atoms. The van der Waals surface area contributed by atoms with Crippen molar-refractivity contribution in [2.24, 2.45) is 5.92 Å². The van der Waals surface area contributed by atoms with Gasteiger partial charge < -0.3 is 15.0 Å². The Morgan fingerprint density at radius 1 is 1.59 bits per heavy atom. The van der Waals surface area contributed by atoms with E-state index in [0.29, 0.717) is 18.2 Å². The van der Waals surface area contributed by atoms with Crippen LogP contribution in [0.25, 0.3) is 0 Å². The molecule has 0 fully saturated rings. The first-order valence-electron chi connectivity index (χ1n) is 5.43. The summed E-state index contributed by atoms with van der Waals surface area (Å²) in [5.74, 6) is 0.232. The molecule has 1 aromatic rings. The summed E-state index contributed by atoms with van der Waals surface area (Å²) in [7, 11) is 0. The van der Waals surface area contributed by atoms with Crippen LogP contribution in [0.2, 0.25) is 0 Å². The molecule has 2 N–H and O–H groups in total. The molecule has 0 unspecified atom stereocenters. The normalized spacial score (nSPS) is 10.6. The molecule has 0 amide bonds. The summed E-state index contributed by atoms with van der Waals surface area (Å²) in [4.78, 5) is 30.4. The molecule has 0 aliphatic rings. The molecule has 0 saturated carbocycles. The van der Waals surface area contributed by atoms with Gasteiger partial charge in [-0.3, -0.25) is 9.59 Å². The van der Waals surface area contributed by atoms with Crippen LogP contribution < -0.4 is 10.5 Å². The van der Waals surface area contributed by atoms with Crippen LogP contribution in [0, 0.1) is 12.8 Å². The smallest absolute Gasteiger partial charge is 0.323 e. The number of carboxylic acid groups (broad SMARTS) is 1. The van der Waals surface area contributed by atoms with Crippen molar-refractivity contribution >= 4 is 11.8 Å². The molecule has 6 heteroatoms. The first kappa shape index (κ1) is 13.2. The third kappa shape index (κ3) is 4.26. The predicted molar refractivity (Wildman–Crippen MR) is 64.3 cm³/mol. The van der Waals surface area contributed by atoms with Gasteiger partial charge >= 0.3 is 5.97 Å². The first-order chi connectivity index (χ1) is 7.88. The molecule has 0 bridgehead atoms. The standard InChI is InChI=1S/C11H17N3O3/c1-7(2)5-14(6-11(16)17)9-4-10(15)13-8(3)12-9/h4,7H,5-6H2,1-3H3,(H,16,17)(H,12,13,15). The van der Waals surface area contributed by atoms with Gasteiger partial charge in [0.15, 0.2) is 0 Å². The van der Waals surface area contributed by atoms with Crippen molar-refractivity contribution in [2.45, 2.75) is 20.8 Å². The number of aliphatic carboxylic acids is 1. The van der Waals surface area contributed by atoms with Gasteiger partial charge in [0, 0.05) is 12.6 Å². The quantitative estimate of drug-likeness (QED) is 0.786. The lowest BCUT2D eigenvalue weighted by molar-refractivity contribution is -0.135. The van der Waals surface area contributed by atoms with Crippen LogP contribution in [-0.4, -0.2) is 34.1 Å². The van der Waals surface area contributed by atoms with Crippen molar-refractivity contribution in [2.75, 3.05) is 18.0 Å². The minimum absolute atomic E-state index is 0.159. The van der Waals surface area contributed by atoms with Gasteiger partial charge in [-0.1, -0.05) is 13.8 Å². The highest BCUT2D eigenvalue weighted by Crippen LogP contribution is 2.10. The van der Waals surface area contributed by atoms with Crippen molar-refractivity contribution < 1.29 is 9.90 Å². The van der Waals surface area contributed by atoms with E-state index in [1.54, 1.807) is 11.8 Å². The molecule has 1 heterocycles. The van der Waals surface area contributed by atoms with Gasteiger partial charge in [-0.05, 0) is 12.8 Å². The lowest BCUT2D eigenvalue weighted by Crippen LogP contribution is -2.34. The van der Waals surface area contributed by atoms with Crippen molar-refractivity contribution in [3.63, 3.8) is 0 Å². The van der Waals surface area contributed by atoms with Crippen LogP contribution in [0.3, 0.4) is 0 Å². The van der Waals surface area contributed by atoms with E-state index in [4.69, 9.17) is 5.11 Å². The number of anilines is 1. The molecule has 6 nitrogen and oxygen atoms in total. The maximum absolute atomic E-state index is 11.3. The van der Waals surface area contributed by atoms with Crippen LogP contribution >= 0.6 is 0 Å². The van der Waals surface area contributed by atoms with Crippen molar-refractivity contribution in [3.8, 4) is 0 Å². The highest BCUT2D eigenvalue weighted by Gasteiger charge is 2.14.